The standard InChI is InChI=1S/C18H23N3O5/c1-13(22)19-14-3-2-4-15(11-14)20-16(23)12-17(24)21-7-5-18(6-8-21)25-9-10-26-18/h2-4,11H,5-10,12H2,1H3,(H,19,22)(H,20,23). The van der Waals surface area contributed by atoms with Crippen LogP contribution in [0.3, 0.4) is 0 Å². The Kier molecular flexibility index (Phi) is 5.53. The molecule has 1 spiro atoms. The van der Waals surface area contributed by atoms with Crippen molar-refractivity contribution in [2.24, 2.45) is 0 Å². The van der Waals surface area contributed by atoms with E-state index in [9.17, 15) is 14.4 Å². The predicted molar refractivity (Wildman–Crippen MR) is 94.4 cm³/mol. The molecule has 8 heteroatoms. The molecule has 2 aliphatic heterocycles. The van der Waals surface area contributed by atoms with Gasteiger partial charge in [-0.1, -0.05) is 6.07 Å². The summed E-state index contributed by atoms with van der Waals surface area (Å²) in [5, 5.41) is 5.33. The van der Waals surface area contributed by atoms with Crippen molar-refractivity contribution in [2.45, 2.75) is 32.0 Å². The van der Waals surface area contributed by atoms with Crippen LogP contribution in [0.2, 0.25) is 0 Å². The minimum absolute atomic E-state index is 0.193. The third-order valence-electron chi connectivity index (χ3n) is 4.47. The van der Waals surface area contributed by atoms with Crippen LogP contribution in [0, 0.1) is 0 Å². The number of hydrogen-bond donors (Lipinski definition) is 2. The van der Waals surface area contributed by atoms with E-state index in [2.05, 4.69) is 10.6 Å². The van der Waals surface area contributed by atoms with Crippen molar-refractivity contribution in [3.63, 3.8) is 0 Å². The summed E-state index contributed by atoms with van der Waals surface area (Å²) in [7, 11) is 0. The van der Waals surface area contributed by atoms with E-state index >= 15 is 0 Å². The fraction of sp³-hybridized carbons (Fsp3) is 0.500. The summed E-state index contributed by atoms with van der Waals surface area (Å²) in [6.45, 7) is 3.63. The number of nitrogens with one attached hydrogen (secondary N) is 2. The first-order valence-electron chi connectivity index (χ1n) is 8.69. The quantitative estimate of drug-likeness (QED) is 0.789. The molecule has 26 heavy (non-hydrogen) atoms. The second kappa shape index (κ2) is 7.84. The van der Waals surface area contributed by atoms with Gasteiger partial charge >= 0.3 is 0 Å². The van der Waals surface area contributed by atoms with E-state index in [1.54, 1.807) is 29.2 Å². The fourth-order valence-corrected chi connectivity index (χ4v) is 3.21. The van der Waals surface area contributed by atoms with Gasteiger partial charge in [0.25, 0.3) is 0 Å². The van der Waals surface area contributed by atoms with E-state index in [4.69, 9.17) is 9.47 Å². The Morgan fingerprint density at radius 1 is 1.08 bits per heavy atom. The lowest BCUT2D eigenvalue weighted by molar-refractivity contribution is -0.187. The number of hydrogen-bond acceptors (Lipinski definition) is 5. The number of likely N-dealkylation sites (tertiary alicyclic amines) is 1. The number of piperidine rings is 1. The first-order chi connectivity index (χ1) is 12.5. The van der Waals surface area contributed by atoms with Crippen LogP contribution in [-0.2, 0) is 23.9 Å². The number of rotatable bonds is 4. The van der Waals surface area contributed by atoms with Crippen LogP contribution < -0.4 is 10.6 Å². The maximum atomic E-state index is 12.3. The summed E-state index contributed by atoms with van der Waals surface area (Å²) in [5.41, 5.74) is 1.11. The van der Waals surface area contributed by atoms with Gasteiger partial charge < -0.3 is 25.0 Å². The Bertz CT molecular complexity index is 690. The summed E-state index contributed by atoms with van der Waals surface area (Å²) >= 11 is 0. The van der Waals surface area contributed by atoms with Gasteiger partial charge in [-0.15, -0.1) is 0 Å². The van der Waals surface area contributed by atoms with E-state index in [0.717, 1.165) is 0 Å². The Hall–Kier alpha value is -2.45. The van der Waals surface area contributed by atoms with Crippen LogP contribution in [0.15, 0.2) is 24.3 Å². The first kappa shape index (κ1) is 18.3. The van der Waals surface area contributed by atoms with E-state index in [0.29, 0.717) is 50.5 Å². The van der Waals surface area contributed by atoms with Crippen molar-refractivity contribution in [1.29, 1.82) is 0 Å². The summed E-state index contributed by atoms with van der Waals surface area (Å²) in [6.07, 6.45) is 1.03. The average Bonchev–Trinajstić information content (AvgIpc) is 3.03. The second-order valence-corrected chi connectivity index (χ2v) is 6.48. The van der Waals surface area contributed by atoms with E-state index < -0.39 is 5.79 Å². The maximum absolute atomic E-state index is 12.3. The molecular formula is C18H23N3O5. The zero-order chi connectivity index (χ0) is 18.6. The summed E-state index contributed by atoms with van der Waals surface area (Å²) in [5.74, 6) is -1.33. The van der Waals surface area contributed by atoms with Crippen molar-refractivity contribution >= 4 is 29.1 Å². The number of anilines is 2. The van der Waals surface area contributed by atoms with Crippen molar-refractivity contribution in [1.82, 2.24) is 4.90 Å². The van der Waals surface area contributed by atoms with Crippen molar-refractivity contribution in [3.8, 4) is 0 Å². The Labute approximate surface area is 151 Å². The molecule has 0 saturated carbocycles. The maximum Gasteiger partial charge on any atom is 0.233 e. The molecule has 1 aromatic rings. The van der Waals surface area contributed by atoms with Crippen LogP contribution in [0.4, 0.5) is 11.4 Å². The molecule has 0 unspecified atom stereocenters. The predicted octanol–water partition coefficient (Wildman–Crippen LogP) is 1.34. The number of ether oxygens (including phenoxy) is 2. The molecule has 0 bridgehead atoms. The zero-order valence-corrected chi connectivity index (χ0v) is 14.7. The molecule has 2 fully saturated rings. The Morgan fingerprint density at radius 3 is 2.31 bits per heavy atom. The van der Waals surface area contributed by atoms with Gasteiger partial charge in [-0.2, -0.15) is 0 Å². The molecule has 2 N–H and O–H groups in total. The van der Waals surface area contributed by atoms with Gasteiger partial charge in [-0.05, 0) is 18.2 Å². The third kappa shape index (κ3) is 4.59. The zero-order valence-electron chi connectivity index (χ0n) is 14.7. The van der Waals surface area contributed by atoms with Crippen LogP contribution in [0.1, 0.15) is 26.2 Å². The molecular weight excluding hydrogens is 338 g/mol. The number of nitrogens with zero attached hydrogens (tertiary/aromatic N) is 1. The summed E-state index contributed by atoms with van der Waals surface area (Å²) in [6, 6.07) is 6.78. The van der Waals surface area contributed by atoms with Gasteiger partial charge in [0, 0.05) is 44.2 Å². The fourth-order valence-electron chi connectivity index (χ4n) is 3.21. The molecule has 0 radical (unpaired) electrons. The molecule has 2 saturated heterocycles. The van der Waals surface area contributed by atoms with Gasteiger partial charge in [-0.3, -0.25) is 14.4 Å². The lowest BCUT2D eigenvalue weighted by Gasteiger charge is -2.37. The van der Waals surface area contributed by atoms with Crippen molar-refractivity contribution in [2.75, 3.05) is 36.9 Å². The SMILES string of the molecule is CC(=O)Nc1cccc(NC(=O)CC(=O)N2CCC3(CC2)OCCO3)c1. The van der Waals surface area contributed by atoms with Crippen molar-refractivity contribution in [3.05, 3.63) is 24.3 Å². The monoisotopic (exact) mass is 361 g/mol. The highest BCUT2D eigenvalue weighted by molar-refractivity contribution is 6.04. The molecule has 3 rings (SSSR count). The molecule has 2 aliphatic rings. The summed E-state index contributed by atoms with van der Waals surface area (Å²) in [4.78, 5) is 37.3. The lowest BCUT2D eigenvalue weighted by Crippen LogP contribution is -2.47. The van der Waals surface area contributed by atoms with Gasteiger partial charge in [0.15, 0.2) is 5.79 Å². The summed E-state index contributed by atoms with van der Waals surface area (Å²) < 4.78 is 11.3. The molecule has 0 aliphatic carbocycles. The Balaban J connectivity index is 1.49. The highest BCUT2D eigenvalue weighted by Gasteiger charge is 2.40. The van der Waals surface area contributed by atoms with Gasteiger partial charge in [-0.25, -0.2) is 0 Å². The lowest BCUT2D eigenvalue weighted by atomic mass is 10.0. The number of benzene rings is 1. The highest BCUT2D eigenvalue weighted by Crippen LogP contribution is 2.31. The number of carbonyl (C=O) groups is 3. The van der Waals surface area contributed by atoms with E-state index in [1.165, 1.54) is 6.92 Å². The van der Waals surface area contributed by atoms with Crippen LogP contribution in [0.25, 0.3) is 0 Å². The van der Waals surface area contributed by atoms with E-state index in [1.807, 2.05) is 0 Å². The van der Waals surface area contributed by atoms with Gasteiger partial charge in [0.2, 0.25) is 17.7 Å². The molecule has 2 heterocycles. The smallest absolute Gasteiger partial charge is 0.233 e. The first-order valence-corrected chi connectivity index (χ1v) is 8.69. The van der Waals surface area contributed by atoms with Gasteiger partial charge in [0.1, 0.15) is 6.42 Å². The molecule has 0 atom stereocenters. The molecule has 1 aromatic carbocycles. The van der Waals surface area contributed by atoms with Crippen LogP contribution >= 0.6 is 0 Å². The van der Waals surface area contributed by atoms with E-state index in [-0.39, 0.29) is 24.1 Å². The largest absolute Gasteiger partial charge is 0.347 e. The average molecular weight is 361 g/mol. The van der Waals surface area contributed by atoms with Crippen LogP contribution in [0.5, 0.6) is 0 Å². The molecule has 8 nitrogen and oxygen atoms in total. The molecule has 140 valence electrons. The van der Waals surface area contributed by atoms with Crippen LogP contribution in [-0.4, -0.2) is 54.7 Å². The minimum atomic E-state index is -0.539. The molecule has 3 amide bonds. The number of amides is 3. The highest BCUT2D eigenvalue weighted by atomic mass is 16.7. The molecule has 0 aromatic heterocycles. The third-order valence-corrected chi connectivity index (χ3v) is 4.47. The van der Waals surface area contributed by atoms with Gasteiger partial charge in [0.05, 0.1) is 13.2 Å². The normalized spacial score (nSPS) is 18.6. The number of carbonyl (C=O) groups excluding carboxylic acids is 3. The Morgan fingerprint density at radius 2 is 1.69 bits per heavy atom. The topological polar surface area (TPSA) is 97.0 Å². The minimum Gasteiger partial charge on any atom is -0.347 e. The van der Waals surface area contributed by atoms with Crippen molar-refractivity contribution < 1.29 is 23.9 Å². The second-order valence-electron chi connectivity index (χ2n) is 6.48.